The van der Waals surface area contributed by atoms with Crippen molar-refractivity contribution in [1.29, 1.82) is 0 Å². The number of ether oxygens (including phenoxy) is 2. The van der Waals surface area contributed by atoms with E-state index in [-0.39, 0.29) is 17.4 Å². The summed E-state index contributed by atoms with van der Waals surface area (Å²) in [4.78, 5) is 30.5. The smallest absolute Gasteiger partial charge is 0.295 e. The molecule has 7 nitrogen and oxygen atoms in total. The van der Waals surface area contributed by atoms with E-state index in [0.717, 1.165) is 49.2 Å². The lowest BCUT2D eigenvalue weighted by molar-refractivity contribution is -0.140. The Balaban J connectivity index is 2.02. The number of unbranched alkanes of at least 4 members (excludes halogenated alkanes) is 2. The molecule has 3 rings (SSSR count). The van der Waals surface area contributed by atoms with E-state index in [1.165, 1.54) is 0 Å². The van der Waals surface area contributed by atoms with E-state index in [2.05, 4.69) is 25.7 Å². The van der Waals surface area contributed by atoms with Gasteiger partial charge in [-0.15, -0.1) is 0 Å². The topological polar surface area (TPSA) is 79.3 Å². The maximum atomic E-state index is 13.4. The Morgan fingerprint density at radius 3 is 2.26 bits per heavy atom. The number of nitrogens with zero attached hydrogens (tertiary/aromatic N) is 2. The lowest BCUT2D eigenvalue weighted by atomic mass is 9.94. The fourth-order valence-corrected chi connectivity index (χ4v) is 4.93. The van der Waals surface area contributed by atoms with Crippen LogP contribution in [0.1, 0.15) is 76.6 Å². The molecule has 2 aromatic carbocycles. The standard InChI is InChI=1S/C32H44N2O5/c1-7-10-11-20-38-25-14-12-24(13-15-25)29-28(31(36)32(37)34(29)19-18-33(8-2)9-3)30(35)27-17-16-26(21-23(27)6)39-22(4)5/h12-17,21-22,29,35H,7-11,18-20H2,1-6H3/b30-28+. The zero-order chi connectivity index (χ0) is 28.5. The zero-order valence-corrected chi connectivity index (χ0v) is 24.3. The first-order valence-corrected chi connectivity index (χ1v) is 14.2. The second kappa shape index (κ2) is 14.2. The van der Waals surface area contributed by atoms with Gasteiger partial charge in [0.15, 0.2) is 0 Å². The summed E-state index contributed by atoms with van der Waals surface area (Å²) >= 11 is 0. The van der Waals surface area contributed by atoms with E-state index in [1.807, 2.05) is 51.1 Å². The molecule has 1 N–H and O–H groups in total. The third kappa shape index (κ3) is 7.41. The maximum absolute atomic E-state index is 13.4. The van der Waals surface area contributed by atoms with E-state index < -0.39 is 17.7 Å². The molecule has 212 valence electrons. The van der Waals surface area contributed by atoms with Gasteiger partial charge in [-0.1, -0.05) is 45.7 Å². The van der Waals surface area contributed by atoms with Gasteiger partial charge in [-0.05, 0) is 81.7 Å². The molecule has 1 fully saturated rings. The SMILES string of the molecule is CCCCCOc1ccc(C2/C(=C(\O)c3ccc(OC(C)C)cc3C)C(=O)C(=O)N2CCN(CC)CC)cc1. The number of carbonyl (C=O) groups excluding carboxylic acids is 2. The number of aliphatic hydroxyl groups excluding tert-OH is 1. The van der Waals surface area contributed by atoms with Gasteiger partial charge in [0, 0.05) is 18.7 Å². The molecule has 1 saturated heterocycles. The minimum Gasteiger partial charge on any atom is -0.507 e. The molecule has 0 bridgehead atoms. The number of hydrogen-bond acceptors (Lipinski definition) is 6. The van der Waals surface area contributed by atoms with E-state index in [4.69, 9.17) is 9.47 Å². The van der Waals surface area contributed by atoms with E-state index in [0.29, 0.717) is 31.0 Å². The number of aryl methyl sites for hydroxylation is 1. The molecule has 0 saturated carbocycles. The molecule has 1 unspecified atom stereocenters. The highest BCUT2D eigenvalue weighted by Crippen LogP contribution is 2.40. The lowest BCUT2D eigenvalue weighted by Gasteiger charge is -2.28. The number of amides is 1. The summed E-state index contributed by atoms with van der Waals surface area (Å²) in [5, 5.41) is 11.5. The minimum absolute atomic E-state index is 0.0126. The lowest BCUT2D eigenvalue weighted by Crippen LogP contribution is -2.38. The highest BCUT2D eigenvalue weighted by molar-refractivity contribution is 6.46. The summed E-state index contributed by atoms with van der Waals surface area (Å²) in [7, 11) is 0. The molecule has 0 spiro atoms. The van der Waals surface area contributed by atoms with Crippen molar-refractivity contribution in [3.63, 3.8) is 0 Å². The molecule has 1 aliphatic heterocycles. The molecule has 39 heavy (non-hydrogen) atoms. The van der Waals surface area contributed by atoms with Crippen LogP contribution in [0, 0.1) is 6.92 Å². The summed E-state index contributed by atoms with van der Waals surface area (Å²) < 4.78 is 11.7. The molecular formula is C32H44N2O5. The van der Waals surface area contributed by atoms with Crippen LogP contribution in [-0.2, 0) is 9.59 Å². The largest absolute Gasteiger partial charge is 0.507 e. The third-order valence-electron chi connectivity index (χ3n) is 7.13. The van der Waals surface area contributed by atoms with Crippen LogP contribution in [0.3, 0.4) is 0 Å². The molecular weight excluding hydrogens is 492 g/mol. The normalized spacial score (nSPS) is 16.9. The molecule has 2 aromatic rings. The van der Waals surface area contributed by atoms with Gasteiger partial charge in [0.25, 0.3) is 11.7 Å². The van der Waals surface area contributed by atoms with E-state index in [9.17, 15) is 14.7 Å². The van der Waals surface area contributed by atoms with Gasteiger partial charge in [0.2, 0.25) is 0 Å². The monoisotopic (exact) mass is 536 g/mol. The second-order valence-corrected chi connectivity index (χ2v) is 10.3. The Hall–Kier alpha value is -3.32. The molecule has 1 heterocycles. The summed E-state index contributed by atoms with van der Waals surface area (Å²) in [6.45, 7) is 15.4. The number of rotatable bonds is 14. The predicted octanol–water partition coefficient (Wildman–Crippen LogP) is 6.11. The van der Waals surface area contributed by atoms with Crippen molar-refractivity contribution < 1.29 is 24.2 Å². The van der Waals surface area contributed by atoms with Crippen molar-refractivity contribution in [2.75, 3.05) is 32.8 Å². The number of benzene rings is 2. The Labute approximate surface area is 233 Å². The van der Waals surface area contributed by atoms with Crippen LogP contribution >= 0.6 is 0 Å². The minimum atomic E-state index is -0.694. The highest BCUT2D eigenvalue weighted by Gasteiger charge is 2.46. The van der Waals surface area contributed by atoms with Gasteiger partial charge in [-0.3, -0.25) is 9.59 Å². The van der Waals surface area contributed by atoms with Gasteiger partial charge in [0.05, 0.1) is 24.3 Å². The second-order valence-electron chi connectivity index (χ2n) is 10.3. The maximum Gasteiger partial charge on any atom is 0.295 e. The van der Waals surface area contributed by atoms with Crippen LogP contribution in [0.15, 0.2) is 48.0 Å². The molecule has 0 aromatic heterocycles. The highest BCUT2D eigenvalue weighted by atomic mass is 16.5. The van der Waals surface area contributed by atoms with Crippen molar-refractivity contribution in [3.05, 3.63) is 64.7 Å². The van der Waals surface area contributed by atoms with Crippen molar-refractivity contribution in [2.45, 2.75) is 73.0 Å². The van der Waals surface area contributed by atoms with Crippen LogP contribution < -0.4 is 9.47 Å². The third-order valence-corrected chi connectivity index (χ3v) is 7.13. The molecule has 1 atom stereocenters. The molecule has 0 radical (unpaired) electrons. The number of ketones is 1. The van der Waals surface area contributed by atoms with Crippen molar-refractivity contribution >= 4 is 17.4 Å². The van der Waals surface area contributed by atoms with E-state index in [1.54, 1.807) is 17.0 Å². The van der Waals surface area contributed by atoms with Crippen LogP contribution in [0.4, 0.5) is 0 Å². The fraction of sp³-hybridized carbons (Fsp3) is 0.500. The van der Waals surface area contributed by atoms with Gasteiger partial charge < -0.3 is 24.4 Å². The average molecular weight is 537 g/mol. The van der Waals surface area contributed by atoms with Gasteiger partial charge in [0.1, 0.15) is 17.3 Å². The first-order chi connectivity index (χ1) is 18.7. The number of hydrogen-bond donors (Lipinski definition) is 1. The van der Waals surface area contributed by atoms with Crippen molar-refractivity contribution in [3.8, 4) is 11.5 Å². The number of carbonyl (C=O) groups is 2. The Morgan fingerprint density at radius 2 is 1.67 bits per heavy atom. The summed E-state index contributed by atoms with van der Waals surface area (Å²) in [5.74, 6) is -0.00151. The van der Waals surface area contributed by atoms with Crippen LogP contribution in [-0.4, -0.2) is 65.5 Å². The average Bonchev–Trinajstić information content (AvgIpc) is 3.16. The predicted molar refractivity (Wildman–Crippen MR) is 155 cm³/mol. The molecule has 1 amide bonds. The summed E-state index contributed by atoms with van der Waals surface area (Å²) in [6, 6.07) is 12.2. The van der Waals surface area contributed by atoms with Crippen LogP contribution in [0.25, 0.3) is 5.76 Å². The van der Waals surface area contributed by atoms with Gasteiger partial charge >= 0.3 is 0 Å². The fourth-order valence-electron chi connectivity index (χ4n) is 4.93. The van der Waals surface area contributed by atoms with Crippen LogP contribution in [0.5, 0.6) is 11.5 Å². The molecule has 7 heteroatoms. The Morgan fingerprint density at radius 1 is 1.00 bits per heavy atom. The van der Waals surface area contributed by atoms with Crippen LogP contribution in [0.2, 0.25) is 0 Å². The van der Waals surface area contributed by atoms with Gasteiger partial charge in [-0.2, -0.15) is 0 Å². The summed E-state index contributed by atoms with van der Waals surface area (Å²) in [6.07, 6.45) is 3.24. The molecule has 0 aliphatic carbocycles. The van der Waals surface area contributed by atoms with E-state index >= 15 is 0 Å². The number of likely N-dealkylation sites (N-methyl/N-ethyl adjacent to an activating group) is 1. The van der Waals surface area contributed by atoms with Crippen molar-refractivity contribution in [1.82, 2.24) is 9.80 Å². The first kappa shape index (κ1) is 30.2. The number of likely N-dealkylation sites (tertiary alicyclic amines) is 1. The molecule has 1 aliphatic rings. The zero-order valence-electron chi connectivity index (χ0n) is 24.3. The number of aliphatic hydroxyl groups is 1. The summed E-state index contributed by atoms with van der Waals surface area (Å²) in [5.41, 5.74) is 2.13. The Bertz CT molecular complexity index is 1150. The Kier molecular flexibility index (Phi) is 11.0. The van der Waals surface area contributed by atoms with Gasteiger partial charge in [-0.25, -0.2) is 0 Å². The first-order valence-electron chi connectivity index (χ1n) is 14.2. The quantitative estimate of drug-likeness (QED) is 0.136. The number of Topliss-reactive ketones (excluding diaryl/α,β-unsaturated/α-hetero) is 1. The van der Waals surface area contributed by atoms with Crippen molar-refractivity contribution in [2.24, 2.45) is 0 Å².